The number of benzene rings is 2. The number of unbranched alkanes of at least 4 members (excludes halogenated alkanes) is 1. The van der Waals surface area contributed by atoms with E-state index in [9.17, 15) is 13.2 Å². The Bertz CT molecular complexity index is 973. The monoisotopic (exact) mass is 449 g/mol. The number of sulfonamides is 1. The molecule has 3 rings (SSSR count). The molecule has 154 valence electrons. The first-order valence-corrected chi connectivity index (χ1v) is 12.4. The molecule has 0 spiro atoms. The Morgan fingerprint density at radius 3 is 2.41 bits per heavy atom. The van der Waals surface area contributed by atoms with Gasteiger partial charge in [0.2, 0.25) is 0 Å². The Morgan fingerprint density at radius 2 is 1.76 bits per heavy atom. The molecule has 1 unspecified atom stereocenters. The highest BCUT2D eigenvalue weighted by atomic mass is 35.5. The van der Waals surface area contributed by atoms with E-state index >= 15 is 0 Å². The molecule has 4 nitrogen and oxygen atoms in total. The van der Waals surface area contributed by atoms with Crippen LogP contribution in [0.1, 0.15) is 31.2 Å². The van der Waals surface area contributed by atoms with Crippen LogP contribution in [0.4, 0.5) is 0 Å². The number of hydrogen-bond donors (Lipinski definition) is 0. The molecule has 0 aliphatic carbocycles. The molecule has 0 aromatic heterocycles. The van der Waals surface area contributed by atoms with Crippen LogP contribution in [0.2, 0.25) is 0 Å². The Kier molecular flexibility index (Phi) is 7.44. The molecule has 1 aliphatic rings. The van der Waals surface area contributed by atoms with Crippen molar-refractivity contribution in [2.45, 2.75) is 48.4 Å². The van der Waals surface area contributed by atoms with Gasteiger partial charge in [-0.3, -0.25) is 4.79 Å². The zero-order valence-corrected chi connectivity index (χ0v) is 18.6. The summed E-state index contributed by atoms with van der Waals surface area (Å²) in [6, 6.07) is 16.0. The van der Waals surface area contributed by atoms with E-state index < -0.39 is 22.0 Å². The van der Waals surface area contributed by atoms with Crippen LogP contribution in [-0.4, -0.2) is 30.6 Å². The van der Waals surface area contributed by atoms with Gasteiger partial charge in [0, 0.05) is 23.3 Å². The third-order valence-corrected chi connectivity index (χ3v) is 7.95. The summed E-state index contributed by atoms with van der Waals surface area (Å²) in [6.07, 6.45) is 4.12. The Hall–Kier alpha value is -1.76. The lowest BCUT2D eigenvalue weighted by Crippen LogP contribution is -2.46. The highest BCUT2D eigenvalue weighted by Gasteiger charge is 2.38. The second kappa shape index (κ2) is 9.83. The number of rotatable bonds is 8. The van der Waals surface area contributed by atoms with Crippen molar-refractivity contribution < 1.29 is 13.2 Å². The van der Waals surface area contributed by atoms with Gasteiger partial charge in [-0.05, 0) is 48.9 Å². The maximum atomic E-state index is 13.3. The summed E-state index contributed by atoms with van der Waals surface area (Å²) in [6.45, 7) is 1.90. The summed E-state index contributed by atoms with van der Waals surface area (Å²) < 4.78 is 27.6. The predicted molar refractivity (Wildman–Crippen MR) is 119 cm³/mol. The number of halogens is 1. The predicted octanol–water partition coefficient (Wildman–Crippen LogP) is 5.37. The van der Waals surface area contributed by atoms with Crippen LogP contribution in [-0.2, 0) is 14.8 Å². The van der Waals surface area contributed by atoms with Gasteiger partial charge in [0.25, 0.3) is 15.9 Å². The van der Waals surface area contributed by atoms with E-state index in [2.05, 4.69) is 0 Å². The summed E-state index contributed by atoms with van der Waals surface area (Å²) in [5, 5.41) is 0. The van der Waals surface area contributed by atoms with Crippen molar-refractivity contribution in [1.82, 2.24) is 4.31 Å². The highest BCUT2D eigenvalue weighted by molar-refractivity contribution is 8.03. The summed E-state index contributed by atoms with van der Waals surface area (Å²) >= 11 is 7.32. The number of carbonyl (C=O) groups excluding carboxylic acids is 1. The fraction of sp³-hybridized carbons (Fsp3) is 0.318. The second-order valence-electron chi connectivity index (χ2n) is 7.02. The highest BCUT2D eigenvalue weighted by Crippen LogP contribution is 2.37. The molecular formula is C22H24ClNO3S2. The third kappa shape index (κ3) is 5.44. The molecule has 29 heavy (non-hydrogen) atoms. The van der Waals surface area contributed by atoms with E-state index in [0.29, 0.717) is 18.7 Å². The van der Waals surface area contributed by atoms with Gasteiger partial charge >= 0.3 is 0 Å². The number of carbonyl (C=O) groups is 1. The van der Waals surface area contributed by atoms with Gasteiger partial charge in [-0.2, -0.15) is 0 Å². The topological polar surface area (TPSA) is 54.5 Å². The normalized spacial score (nSPS) is 17.3. The largest absolute Gasteiger partial charge is 0.269 e. The van der Waals surface area contributed by atoms with Crippen molar-refractivity contribution in [2.75, 3.05) is 5.88 Å². The quantitative estimate of drug-likeness (QED) is 0.401. The molecule has 1 amide bonds. The van der Waals surface area contributed by atoms with E-state index in [4.69, 9.17) is 11.6 Å². The molecule has 0 saturated carbocycles. The average Bonchev–Trinajstić information content (AvgIpc) is 2.69. The van der Waals surface area contributed by atoms with Crippen molar-refractivity contribution >= 4 is 39.3 Å². The Morgan fingerprint density at radius 1 is 1.07 bits per heavy atom. The first-order valence-electron chi connectivity index (χ1n) is 9.56. The van der Waals surface area contributed by atoms with Crippen LogP contribution in [0, 0.1) is 6.92 Å². The van der Waals surface area contributed by atoms with Crippen molar-refractivity contribution in [3.8, 4) is 0 Å². The van der Waals surface area contributed by atoms with Crippen LogP contribution in [0.3, 0.4) is 0 Å². The SMILES string of the molecule is Cc1ccc(S(=O)(=O)N2C(=O)C=C(Sc3ccccc3)CC2CCCCCl)cc1. The molecule has 2 aromatic rings. The van der Waals surface area contributed by atoms with Gasteiger partial charge in [-0.15, -0.1) is 11.6 Å². The van der Waals surface area contributed by atoms with Crippen LogP contribution < -0.4 is 0 Å². The first kappa shape index (κ1) is 21.9. The zero-order valence-electron chi connectivity index (χ0n) is 16.3. The van der Waals surface area contributed by atoms with Crippen LogP contribution in [0.15, 0.2) is 75.4 Å². The molecule has 1 heterocycles. The van der Waals surface area contributed by atoms with Crippen LogP contribution in [0.25, 0.3) is 0 Å². The average molecular weight is 450 g/mol. The molecule has 0 saturated heterocycles. The molecule has 0 radical (unpaired) electrons. The number of hydrogen-bond acceptors (Lipinski definition) is 4. The van der Waals surface area contributed by atoms with E-state index in [-0.39, 0.29) is 4.90 Å². The Balaban J connectivity index is 1.90. The van der Waals surface area contributed by atoms with Gasteiger partial charge in [0.05, 0.1) is 10.9 Å². The number of alkyl halides is 1. The number of nitrogens with zero attached hydrogens (tertiary/aromatic N) is 1. The molecular weight excluding hydrogens is 426 g/mol. The van der Waals surface area contributed by atoms with Crippen LogP contribution in [0.5, 0.6) is 0 Å². The minimum Gasteiger partial charge on any atom is -0.269 e. The van der Waals surface area contributed by atoms with Crippen molar-refractivity contribution in [2.24, 2.45) is 0 Å². The molecule has 7 heteroatoms. The maximum Gasteiger partial charge on any atom is 0.267 e. The lowest BCUT2D eigenvalue weighted by Gasteiger charge is -2.34. The zero-order chi connectivity index (χ0) is 20.9. The Labute approximate surface area is 182 Å². The van der Waals surface area contributed by atoms with Crippen molar-refractivity contribution in [1.29, 1.82) is 0 Å². The molecule has 0 bridgehead atoms. The standard InChI is InChI=1S/C22H24ClNO3S2/c1-17-10-12-21(13-11-17)29(26,27)24-18(7-5-6-14-23)15-20(16-22(24)25)28-19-8-3-2-4-9-19/h2-4,8-13,16,18H,5-7,14-15H2,1H3. The number of amides is 1. The van der Waals surface area contributed by atoms with E-state index in [1.54, 1.807) is 24.3 Å². The maximum absolute atomic E-state index is 13.3. The van der Waals surface area contributed by atoms with E-state index in [1.165, 1.54) is 17.8 Å². The summed E-state index contributed by atoms with van der Waals surface area (Å²) in [4.78, 5) is 15.0. The smallest absolute Gasteiger partial charge is 0.267 e. The van der Waals surface area contributed by atoms with Gasteiger partial charge in [-0.25, -0.2) is 12.7 Å². The lowest BCUT2D eigenvalue weighted by atomic mass is 10.0. The summed E-state index contributed by atoms with van der Waals surface area (Å²) in [7, 11) is -3.91. The van der Waals surface area contributed by atoms with Gasteiger partial charge in [-0.1, -0.05) is 54.1 Å². The van der Waals surface area contributed by atoms with E-state index in [1.807, 2.05) is 37.3 Å². The molecule has 0 N–H and O–H groups in total. The third-order valence-electron chi connectivity index (χ3n) is 4.76. The summed E-state index contributed by atoms with van der Waals surface area (Å²) in [5.41, 5.74) is 0.967. The fourth-order valence-corrected chi connectivity index (χ4v) is 6.09. The molecule has 2 aromatic carbocycles. The summed E-state index contributed by atoms with van der Waals surface area (Å²) in [5.74, 6) is 0.0402. The van der Waals surface area contributed by atoms with Gasteiger partial charge < -0.3 is 0 Å². The number of aryl methyl sites for hydroxylation is 1. The van der Waals surface area contributed by atoms with Gasteiger partial charge in [0.1, 0.15) is 0 Å². The van der Waals surface area contributed by atoms with Crippen LogP contribution >= 0.6 is 23.4 Å². The second-order valence-corrected chi connectivity index (χ2v) is 10.4. The van der Waals surface area contributed by atoms with Crippen molar-refractivity contribution in [3.63, 3.8) is 0 Å². The molecule has 0 fully saturated rings. The molecule has 1 aliphatic heterocycles. The minimum absolute atomic E-state index is 0.145. The molecule has 1 atom stereocenters. The number of thioether (sulfide) groups is 1. The van der Waals surface area contributed by atoms with Crippen molar-refractivity contribution in [3.05, 3.63) is 71.1 Å². The van der Waals surface area contributed by atoms with Gasteiger partial charge in [0.15, 0.2) is 0 Å². The first-order chi connectivity index (χ1) is 13.9. The van der Waals surface area contributed by atoms with E-state index in [0.717, 1.165) is 32.5 Å². The fourth-order valence-electron chi connectivity index (χ4n) is 3.30. The lowest BCUT2D eigenvalue weighted by molar-refractivity contribution is -0.123. The minimum atomic E-state index is -3.91.